The fourth-order valence-electron chi connectivity index (χ4n) is 11.6. The van der Waals surface area contributed by atoms with Gasteiger partial charge in [-0.15, -0.1) is 0 Å². The van der Waals surface area contributed by atoms with Crippen LogP contribution in [-0.4, -0.2) is 0 Å². The number of benzene rings is 10. The van der Waals surface area contributed by atoms with Gasteiger partial charge in [-0.25, -0.2) is 0 Å². The summed E-state index contributed by atoms with van der Waals surface area (Å²) in [5.41, 5.74) is 18.6. The zero-order chi connectivity index (χ0) is 43.3. The van der Waals surface area contributed by atoms with Crippen LogP contribution in [0.1, 0.15) is 67.2 Å². The van der Waals surface area contributed by atoms with Crippen LogP contribution in [0.2, 0.25) is 0 Å². The third-order valence-electron chi connectivity index (χ3n) is 14.7. The standard InChI is InChI=1S/C64H51N/c1-64(49-27-6-3-7-28-49)59-37-13-10-32-55(59)56-41-40-48(43-60(56)64)53-31-11-14-38-61(53)65(50-29-16-26-47(42-50)52-34-17-23-44-22-8-9-30-51(44)52)62-39-15-12-33-57(62)58-36-19-25-46-24-18-35-54(63(46)58)45-20-4-2-5-21-45/h3,6-19,22-43,45H,2,4-5,20-21H2,1H3. The predicted octanol–water partition coefficient (Wildman–Crippen LogP) is 17.8. The molecule has 10 aromatic rings. The highest BCUT2D eigenvalue weighted by atomic mass is 15.1. The van der Waals surface area contributed by atoms with Crippen molar-refractivity contribution in [3.8, 4) is 44.5 Å². The normalized spacial score (nSPS) is 15.8. The smallest absolute Gasteiger partial charge is 0.0540 e. The molecule has 1 nitrogen and oxygen atoms in total. The van der Waals surface area contributed by atoms with Crippen LogP contribution in [-0.2, 0) is 5.41 Å². The van der Waals surface area contributed by atoms with E-state index < -0.39 is 0 Å². The van der Waals surface area contributed by atoms with Crippen LogP contribution in [0.4, 0.5) is 17.1 Å². The average molecular weight is 834 g/mol. The first-order valence-corrected chi connectivity index (χ1v) is 23.5. The van der Waals surface area contributed by atoms with Crippen molar-refractivity contribution in [3.63, 3.8) is 0 Å². The summed E-state index contributed by atoms with van der Waals surface area (Å²) in [6.45, 7) is 2.41. The minimum atomic E-state index is -0.304. The highest BCUT2D eigenvalue weighted by Crippen LogP contribution is 2.54. The van der Waals surface area contributed by atoms with Gasteiger partial charge in [-0.05, 0) is 133 Å². The molecule has 0 heterocycles. The van der Waals surface area contributed by atoms with Crippen molar-refractivity contribution in [2.75, 3.05) is 4.90 Å². The second-order valence-electron chi connectivity index (χ2n) is 18.3. The fraction of sp³-hybridized carbons (Fsp3) is 0.125. The molecule has 0 radical (unpaired) electrons. The highest BCUT2D eigenvalue weighted by molar-refractivity contribution is 6.05. The van der Waals surface area contributed by atoms with Gasteiger partial charge in [0.25, 0.3) is 0 Å². The van der Waals surface area contributed by atoms with Gasteiger partial charge in [-0.1, -0.05) is 213 Å². The Kier molecular flexibility index (Phi) is 9.79. The molecular weight excluding hydrogens is 783 g/mol. The molecule has 65 heavy (non-hydrogen) atoms. The van der Waals surface area contributed by atoms with E-state index in [2.05, 4.69) is 236 Å². The Morgan fingerprint density at radius 2 is 0.985 bits per heavy atom. The number of hydrogen-bond acceptors (Lipinski definition) is 1. The highest BCUT2D eigenvalue weighted by Gasteiger charge is 2.41. The first-order valence-electron chi connectivity index (χ1n) is 23.5. The Bertz CT molecular complexity index is 3380. The molecule has 0 aliphatic heterocycles. The minimum Gasteiger partial charge on any atom is -0.309 e. The Labute approximate surface area is 383 Å². The van der Waals surface area contributed by atoms with Gasteiger partial charge >= 0.3 is 0 Å². The molecule has 1 heteroatoms. The zero-order valence-corrected chi connectivity index (χ0v) is 36.9. The van der Waals surface area contributed by atoms with Gasteiger partial charge in [0.05, 0.1) is 11.4 Å². The summed E-state index contributed by atoms with van der Waals surface area (Å²) in [7, 11) is 0. The summed E-state index contributed by atoms with van der Waals surface area (Å²) < 4.78 is 0. The summed E-state index contributed by atoms with van der Waals surface area (Å²) in [5, 5.41) is 5.20. The molecule has 2 aliphatic carbocycles. The average Bonchev–Trinajstić information content (AvgIpc) is 3.64. The molecule has 2 aliphatic rings. The lowest BCUT2D eigenvalue weighted by molar-refractivity contribution is 0.445. The molecule has 0 amide bonds. The monoisotopic (exact) mass is 833 g/mol. The van der Waals surface area contributed by atoms with E-state index in [1.165, 1.54) is 120 Å². The second-order valence-corrected chi connectivity index (χ2v) is 18.3. The third-order valence-corrected chi connectivity index (χ3v) is 14.7. The van der Waals surface area contributed by atoms with Crippen molar-refractivity contribution in [3.05, 3.63) is 247 Å². The lowest BCUT2D eigenvalue weighted by Gasteiger charge is -2.31. The first kappa shape index (κ1) is 39.1. The number of nitrogens with zero attached hydrogens (tertiary/aromatic N) is 1. The minimum absolute atomic E-state index is 0.304. The van der Waals surface area contributed by atoms with E-state index >= 15 is 0 Å². The van der Waals surface area contributed by atoms with E-state index in [-0.39, 0.29) is 5.41 Å². The van der Waals surface area contributed by atoms with Crippen molar-refractivity contribution in [1.82, 2.24) is 0 Å². The molecule has 1 unspecified atom stereocenters. The van der Waals surface area contributed by atoms with Crippen LogP contribution in [0.25, 0.3) is 66.1 Å². The maximum atomic E-state index is 2.54. The molecule has 0 spiro atoms. The summed E-state index contributed by atoms with van der Waals surface area (Å²) in [6, 6.07) is 84.0. The summed E-state index contributed by atoms with van der Waals surface area (Å²) in [6.07, 6.45) is 6.45. The zero-order valence-electron chi connectivity index (χ0n) is 36.9. The predicted molar refractivity (Wildman–Crippen MR) is 276 cm³/mol. The largest absolute Gasteiger partial charge is 0.309 e. The van der Waals surface area contributed by atoms with Crippen molar-refractivity contribution >= 4 is 38.6 Å². The van der Waals surface area contributed by atoms with Crippen LogP contribution >= 0.6 is 0 Å². The van der Waals surface area contributed by atoms with Crippen molar-refractivity contribution in [2.45, 2.75) is 50.4 Å². The Morgan fingerprint density at radius 1 is 0.400 bits per heavy atom. The number of para-hydroxylation sites is 2. The van der Waals surface area contributed by atoms with E-state index in [1.54, 1.807) is 0 Å². The van der Waals surface area contributed by atoms with E-state index in [4.69, 9.17) is 0 Å². The molecule has 1 saturated carbocycles. The number of anilines is 3. The summed E-state index contributed by atoms with van der Waals surface area (Å²) >= 11 is 0. The van der Waals surface area contributed by atoms with E-state index in [1.807, 2.05) is 0 Å². The number of rotatable bonds is 8. The Hall–Kier alpha value is -7.48. The maximum absolute atomic E-state index is 2.54. The molecule has 1 fully saturated rings. The summed E-state index contributed by atoms with van der Waals surface area (Å²) in [4.78, 5) is 2.54. The first-order chi connectivity index (χ1) is 32.1. The second kappa shape index (κ2) is 16.3. The number of fused-ring (bicyclic) bond motifs is 5. The van der Waals surface area contributed by atoms with Crippen LogP contribution in [0.15, 0.2) is 224 Å². The lowest BCUT2D eigenvalue weighted by atomic mass is 9.74. The van der Waals surface area contributed by atoms with E-state index in [9.17, 15) is 0 Å². The van der Waals surface area contributed by atoms with E-state index in [0.717, 1.165) is 17.1 Å². The molecule has 10 aromatic carbocycles. The van der Waals surface area contributed by atoms with Crippen LogP contribution in [0.5, 0.6) is 0 Å². The van der Waals surface area contributed by atoms with E-state index in [0.29, 0.717) is 5.92 Å². The molecule has 0 N–H and O–H groups in total. The Balaban J connectivity index is 1.09. The molecule has 12 rings (SSSR count). The van der Waals surface area contributed by atoms with Gasteiger partial charge in [0.15, 0.2) is 0 Å². The molecule has 0 saturated heterocycles. The molecule has 312 valence electrons. The molecule has 1 atom stereocenters. The van der Waals surface area contributed by atoms with Gasteiger partial charge < -0.3 is 4.90 Å². The quantitative estimate of drug-likeness (QED) is 0.147. The molecular formula is C64H51N. The van der Waals surface area contributed by atoms with Crippen LogP contribution < -0.4 is 4.90 Å². The van der Waals surface area contributed by atoms with Crippen molar-refractivity contribution in [1.29, 1.82) is 0 Å². The maximum Gasteiger partial charge on any atom is 0.0540 e. The van der Waals surface area contributed by atoms with Gasteiger partial charge in [-0.2, -0.15) is 0 Å². The van der Waals surface area contributed by atoms with Crippen LogP contribution in [0.3, 0.4) is 0 Å². The van der Waals surface area contributed by atoms with Gasteiger partial charge in [0.1, 0.15) is 0 Å². The van der Waals surface area contributed by atoms with Gasteiger partial charge in [0, 0.05) is 22.2 Å². The lowest BCUT2D eigenvalue weighted by Crippen LogP contribution is -2.22. The SMILES string of the molecule is CC1(c2ccccc2)c2ccccc2-c2ccc(-c3ccccc3N(c3cccc(-c4cccc5ccccc45)c3)c3ccccc3-c3cccc4cccc(C5CCCCC5)c34)cc21. The Morgan fingerprint density at radius 3 is 1.82 bits per heavy atom. The van der Waals surface area contributed by atoms with Crippen molar-refractivity contribution < 1.29 is 0 Å². The topological polar surface area (TPSA) is 3.24 Å². The van der Waals surface area contributed by atoms with Crippen LogP contribution in [0, 0.1) is 0 Å². The number of hydrogen-bond donors (Lipinski definition) is 0. The summed E-state index contributed by atoms with van der Waals surface area (Å²) in [5.74, 6) is 0.572. The third kappa shape index (κ3) is 6.60. The van der Waals surface area contributed by atoms with Crippen molar-refractivity contribution in [2.24, 2.45) is 0 Å². The van der Waals surface area contributed by atoms with Gasteiger partial charge in [-0.3, -0.25) is 0 Å². The molecule has 0 aromatic heterocycles. The fourth-order valence-corrected chi connectivity index (χ4v) is 11.6. The van der Waals surface area contributed by atoms with Gasteiger partial charge in [0.2, 0.25) is 0 Å². The molecule has 0 bridgehead atoms.